The van der Waals surface area contributed by atoms with Crippen LogP contribution in [0.15, 0.2) is 18.2 Å². The number of rotatable bonds is 5. The topological polar surface area (TPSA) is 61.6 Å². The van der Waals surface area contributed by atoms with Crippen LogP contribution in [0, 0.1) is 0 Å². The third-order valence-electron chi connectivity index (χ3n) is 2.30. The summed E-state index contributed by atoms with van der Waals surface area (Å²) < 4.78 is 34.4. The van der Waals surface area contributed by atoms with Gasteiger partial charge >= 0.3 is 5.97 Å². The first-order valence-corrected chi connectivity index (χ1v) is 5.34. The quantitative estimate of drug-likeness (QED) is 0.670. The molecule has 0 saturated heterocycles. The van der Waals surface area contributed by atoms with Gasteiger partial charge in [0.05, 0.1) is 7.11 Å². The van der Waals surface area contributed by atoms with Crippen molar-refractivity contribution in [1.29, 1.82) is 0 Å². The molecule has 0 bridgehead atoms. The summed E-state index contributed by atoms with van der Waals surface area (Å²) in [6, 6.07) is 3.71. The largest absolute Gasteiger partial charge is 0.493 e. The summed E-state index contributed by atoms with van der Waals surface area (Å²) in [5.41, 5.74) is 6.13. The van der Waals surface area contributed by atoms with Crippen LogP contribution in [0.1, 0.15) is 24.9 Å². The standard InChI is InChI=1S/C12H15F2NO3.ClH/c1-7(16)18-10-4-3-8(5-11(10)17-2)9(15)6-12(13)14;/h3-5,9,12H,6,15H2,1-2H3;1H/t9-;/m0./s1. The molecule has 1 rings (SSSR count). The molecule has 0 radical (unpaired) electrons. The van der Waals surface area contributed by atoms with Crippen molar-refractivity contribution < 1.29 is 23.0 Å². The van der Waals surface area contributed by atoms with Gasteiger partial charge in [-0.15, -0.1) is 12.4 Å². The molecule has 0 aliphatic carbocycles. The molecule has 1 atom stereocenters. The molecule has 0 unspecified atom stereocenters. The number of ether oxygens (including phenoxy) is 2. The molecular weight excluding hydrogens is 280 g/mol. The second-order valence-electron chi connectivity index (χ2n) is 3.74. The Morgan fingerprint density at radius 1 is 1.37 bits per heavy atom. The third kappa shape index (κ3) is 5.40. The molecule has 0 fully saturated rings. The van der Waals surface area contributed by atoms with Gasteiger partial charge in [-0.2, -0.15) is 0 Å². The first-order chi connectivity index (χ1) is 8.43. The zero-order valence-corrected chi connectivity index (χ0v) is 11.4. The first-order valence-electron chi connectivity index (χ1n) is 5.34. The fraction of sp³-hybridized carbons (Fsp3) is 0.417. The van der Waals surface area contributed by atoms with Gasteiger partial charge in [0.1, 0.15) is 0 Å². The van der Waals surface area contributed by atoms with Crippen molar-refractivity contribution in [3.05, 3.63) is 23.8 Å². The lowest BCUT2D eigenvalue weighted by Gasteiger charge is -2.14. The highest BCUT2D eigenvalue weighted by Crippen LogP contribution is 2.31. The molecule has 7 heteroatoms. The maximum Gasteiger partial charge on any atom is 0.308 e. The van der Waals surface area contributed by atoms with E-state index in [1.807, 2.05) is 0 Å². The predicted molar refractivity (Wildman–Crippen MR) is 69.1 cm³/mol. The lowest BCUT2D eigenvalue weighted by Crippen LogP contribution is -2.14. The van der Waals surface area contributed by atoms with Gasteiger partial charge in [-0.1, -0.05) is 6.07 Å². The molecule has 108 valence electrons. The number of nitrogens with two attached hydrogens (primary N) is 1. The zero-order chi connectivity index (χ0) is 13.7. The summed E-state index contributed by atoms with van der Waals surface area (Å²) in [4.78, 5) is 10.8. The third-order valence-corrected chi connectivity index (χ3v) is 2.30. The number of carbonyl (C=O) groups excluding carboxylic acids is 1. The van der Waals surface area contributed by atoms with Crippen LogP contribution in [-0.2, 0) is 4.79 Å². The van der Waals surface area contributed by atoms with Crippen molar-refractivity contribution in [2.24, 2.45) is 5.73 Å². The van der Waals surface area contributed by atoms with Gasteiger partial charge < -0.3 is 15.2 Å². The fourth-order valence-electron chi connectivity index (χ4n) is 1.48. The molecule has 0 saturated carbocycles. The van der Waals surface area contributed by atoms with Crippen LogP contribution in [0.25, 0.3) is 0 Å². The summed E-state index contributed by atoms with van der Waals surface area (Å²) in [7, 11) is 1.39. The number of methoxy groups -OCH3 is 1. The summed E-state index contributed by atoms with van der Waals surface area (Å²) in [6.07, 6.45) is -2.91. The second kappa shape index (κ2) is 7.91. The lowest BCUT2D eigenvalue weighted by atomic mass is 10.0. The number of hydrogen-bond acceptors (Lipinski definition) is 4. The van der Waals surface area contributed by atoms with E-state index < -0.39 is 24.9 Å². The molecule has 2 N–H and O–H groups in total. The molecule has 0 aliphatic rings. The molecule has 4 nitrogen and oxygen atoms in total. The number of hydrogen-bond donors (Lipinski definition) is 1. The highest BCUT2D eigenvalue weighted by molar-refractivity contribution is 5.85. The van der Waals surface area contributed by atoms with Crippen LogP contribution >= 0.6 is 12.4 Å². The molecular formula is C12H16ClF2NO3. The van der Waals surface area contributed by atoms with E-state index in [9.17, 15) is 13.6 Å². The van der Waals surface area contributed by atoms with Gasteiger partial charge in [-0.05, 0) is 17.7 Å². The van der Waals surface area contributed by atoms with Crippen molar-refractivity contribution in [3.63, 3.8) is 0 Å². The molecule has 19 heavy (non-hydrogen) atoms. The minimum Gasteiger partial charge on any atom is -0.493 e. The van der Waals surface area contributed by atoms with Gasteiger partial charge in [0.2, 0.25) is 6.43 Å². The van der Waals surface area contributed by atoms with Crippen molar-refractivity contribution in [2.45, 2.75) is 25.8 Å². The molecule has 1 aromatic rings. The van der Waals surface area contributed by atoms with Crippen molar-refractivity contribution in [2.75, 3.05) is 7.11 Å². The molecule has 1 aromatic carbocycles. The highest BCUT2D eigenvalue weighted by atomic mass is 35.5. The van der Waals surface area contributed by atoms with Crippen LogP contribution < -0.4 is 15.2 Å². The zero-order valence-electron chi connectivity index (χ0n) is 10.6. The fourth-order valence-corrected chi connectivity index (χ4v) is 1.48. The van der Waals surface area contributed by atoms with E-state index in [0.717, 1.165) is 0 Å². The molecule has 0 amide bonds. The number of alkyl halides is 2. The monoisotopic (exact) mass is 295 g/mol. The number of benzene rings is 1. The van der Waals surface area contributed by atoms with Crippen LogP contribution in [0.2, 0.25) is 0 Å². The lowest BCUT2D eigenvalue weighted by molar-refractivity contribution is -0.132. The SMILES string of the molecule is COc1cc([C@@H](N)CC(F)F)ccc1OC(C)=O.Cl. The van der Waals surface area contributed by atoms with Gasteiger partial charge in [0.15, 0.2) is 11.5 Å². The van der Waals surface area contributed by atoms with Crippen LogP contribution in [0.5, 0.6) is 11.5 Å². The average molecular weight is 296 g/mol. The highest BCUT2D eigenvalue weighted by Gasteiger charge is 2.15. The number of esters is 1. The Labute approximate surface area is 116 Å². The molecule has 0 aliphatic heterocycles. The predicted octanol–water partition coefficient (Wildman–Crippen LogP) is 2.70. The number of carbonyl (C=O) groups is 1. The van der Waals surface area contributed by atoms with E-state index in [4.69, 9.17) is 15.2 Å². The van der Waals surface area contributed by atoms with Crippen LogP contribution in [0.3, 0.4) is 0 Å². The van der Waals surface area contributed by atoms with Gasteiger partial charge in [0.25, 0.3) is 0 Å². The van der Waals surface area contributed by atoms with E-state index >= 15 is 0 Å². The summed E-state index contributed by atoms with van der Waals surface area (Å²) in [5, 5.41) is 0. The second-order valence-corrected chi connectivity index (χ2v) is 3.74. The Morgan fingerprint density at radius 3 is 2.47 bits per heavy atom. The van der Waals surface area contributed by atoms with Crippen LogP contribution in [0.4, 0.5) is 8.78 Å². The Bertz CT molecular complexity index is 429. The molecule has 0 aromatic heterocycles. The minimum atomic E-state index is -2.47. The summed E-state index contributed by atoms with van der Waals surface area (Å²) in [6.45, 7) is 1.26. The van der Waals surface area contributed by atoms with E-state index in [1.54, 1.807) is 0 Å². The maximum absolute atomic E-state index is 12.2. The molecule has 0 spiro atoms. The van der Waals surface area contributed by atoms with E-state index in [2.05, 4.69) is 0 Å². The van der Waals surface area contributed by atoms with E-state index in [0.29, 0.717) is 5.56 Å². The van der Waals surface area contributed by atoms with E-state index in [-0.39, 0.29) is 23.9 Å². The van der Waals surface area contributed by atoms with Gasteiger partial charge in [-0.3, -0.25) is 4.79 Å². The van der Waals surface area contributed by atoms with E-state index in [1.165, 1.54) is 32.2 Å². The maximum atomic E-state index is 12.2. The minimum absolute atomic E-state index is 0. The smallest absolute Gasteiger partial charge is 0.308 e. The summed E-state index contributed by atoms with van der Waals surface area (Å²) in [5.74, 6) is 0.0309. The normalized spacial score (nSPS) is 11.7. The van der Waals surface area contributed by atoms with Crippen molar-refractivity contribution >= 4 is 18.4 Å². The van der Waals surface area contributed by atoms with Gasteiger partial charge in [0, 0.05) is 19.4 Å². The Morgan fingerprint density at radius 2 is 2.00 bits per heavy atom. The van der Waals surface area contributed by atoms with Gasteiger partial charge in [-0.25, -0.2) is 8.78 Å². The number of halogens is 3. The summed E-state index contributed by atoms with van der Waals surface area (Å²) >= 11 is 0. The Hall–Kier alpha value is -1.40. The Kier molecular flexibility index (Phi) is 7.33. The average Bonchev–Trinajstić information content (AvgIpc) is 2.27. The van der Waals surface area contributed by atoms with Crippen molar-refractivity contribution in [3.8, 4) is 11.5 Å². The first kappa shape index (κ1) is 17.6. The molecule has 0 heterocycles. The van der Waals surface area contributed by atoms with Crippen LogP contribution in [-0.4, -0.2) is 19.5 Å². The Balaban J connectivity index is 0.00000324. The van der Waals surface area contributed by atoms with Crippen molar-refractivity contribution in [1.82, 2.24) is 0 Å².